The molecule has 0 spiro atoms. The Morgan fingerprint density at radius 1 is 1.60 bits per heavy atom. The maximum atomic E-state index is 5.75. The van der Waals surface area contributed by atoms with E-state index in [1.54, 1.807) is 12.3 Å². The summed E-state index contributed by atoms with van der Waals surface area (Å²) in [5.74, 6) is 0. The Morgan fingerprint density at radius 3 is 3.30 bits per heavy atom. The van der Waals surface area contributed by atoms with Gasteiger partial charge in [-0.25, -0.2) is 5.48 Å². The summed E-state index contributed by atoms with van der Waals surface area (Å²) < 4.78 is 0. The number of nitrogens with zero attached hydrogens (tertiary/aromatic N) is 1. The number of halogens is 1. The molecule has 4 heteroatoms. The third-order valence-electron chi connectivity index (χ3n) is 1.28. The summed E-state index contributed by atoms with van der Waals surface area (Å²) >= 11 is 5.75. The molecule has 0 fully saturated rings. The van der Waals surface area contributed by atoms with Crippen molar-refractivity contribution in [2.24, 2.45) is 0 Å². The smallest absolute Gasteiger partial charge is 0.138 e. The van der Waals surface area contributed by atoms with Gasteiger partial charge in [0.25, 0.3) is 0 Å². The van der Waals surface area contributed by atoms with E-state index in [0.717, 1.165) is 5.70 Å². The van der Waals surface area contributed by atoms with E-state index in [0.29, 0.717) is 5.16 Å². The lowest BCUT2D eigenvalue weighted by atomic mass is 10.3. The van der Waals surface area contributed by atoms with Crippen LogP contribution in [0.15, 0.2) is 35.3 Å². The molecule has 3 nitrogen and oxygen atoms in total. The summed E-state index contributed by atoms with van der Waals surface area (Å²) in [6, 6.07) is 0. The minimum Gasteiger partial charge on any atom is -0.247 e. The maximum Gasteiger partial charge on any atom is 0.138 e. The van der Waals surface area contributed by atoms with E-state index in [-0.39, 0.29) is 0 Å². The lowest BCUT2D eigenvalue weighted by molar-refractivity contribution is -0.116. The fourth-order valence-corrected chi connectivity index (χ4v) is 1.03. The molecule has 1 N–H and O–H groups in total. The molecule has 0 saturated heterocycles. The van der Waals surface area contributed by atoms with E-state index in [1.807, 2.05) is 12.2 Å². The molecule has 0 unspecified atom stereocenters. The Kier molecular flexibility index (Phi) is 1.19. The van der Waals surface area contributed by atoms with Crippen molar-refractivity contribution >= 4 is 11.6 Å². The van der Waals surface area contributed by atoms with Gasteiger partial charge in [-0.05, 0) is 12.2 Å². The normalized spacial score (nSPS) is 21.5. The quantitative estimate of drug-likeness (QED) is 0.534. The minimum atomic E-state index is 0.554. The number of allylic oxidation sites excluding steroid dienone is 3. The summed E-state index contributed by atoms with van der Waals surface area (Å²) in [7, 11) is 0. The summed E-state index contributed by atoms with van der Waals surface area (Å²) in [6.07, 6.45) is 7.24. The Bertz CT molecular complexity index is 244. The molecule has 0 aromatic heterocycles. The van der Waals surface area contributed by atoms with Crippen LogP contribution in [0.5, 0.6) is 0 Å². The number of rotatable bonds is 0. The number of hydrogen-bond donors (Lipinski definition) is 1. The average Bonchev–Trinajstić information content (AvgIpc) is 2.36. The van der Waals surface area contributed by atoms with Crippen molar-refractivity contribution in [2.75, 3.05) is 0 Å². The first-order chi connectivity index (χ1) is 4.88. The van der Waals surface area contributed by atoms with Crippen molar-refractivity contribution in [1.29, 1.82) is 0 Å². The topological polar surface area (TPSA) is 24.5 Å². The van der Waals surface area contributed by atoms with Crippen LogP contribution in [0, 0.1) is 0 Å². The zero-order valence-electron chi connectivity index (χ0n) is 5.04. The van der Waals surface area contributed by atoms with E-state index in [4.69, 9.17) is 16.5 Å². The summed E-state index contributed by atoms with van der Waals surface area (Å²) in [5.41, 5.74) is 3.49. The third kappa shape index (κ3) is 0.716. The predicted octanol–water partition coefficient (Wildman–Crippen LogP) is 1.23. The molecule has 0 aromatic carbocycles. The second-order valence-electron chi connectivity index (χ2n) is 1.92. The lowest BCUT2D eigenvalue weighted by Crippen LogP contribution is -2.18. The number of nitrogens with one attached hydrogen (secondary N) is 1. The van der Waals surface area contributed by atoms with Crippen molar-refractivity contribution < 1.29 is 4.94 Å². The Hall–Kier alpha value is -0.930. The first-order valence-electron chi connectivity index (χ1n) is 2.84. The highest BCUT2D eigenvalue weighted by Crippen LogP contribution is 2.23. The van der Waals surface area contributed by atoms with Gasteiger partial charge in [0, 0.05) is 0 Å². The van der Waals surface area contributed by atoms with Crippen molar-refractivity contribution in [3.05, 3.63) is 35.3 Å². The van der Waals surface area contributed by atoms with Crippen molar-refractivity contribution in [3.63, 3.8) is 0 Å². The molecule has 0 aromatic rings. The van der Waals surface area contributed by atoms with Gasteiger partial charge in [-0.3, -0.25) is 0 Å². The molecule has 52 valence electrons. The molecule has 2 aliphatic rings. The van der Waals surface area contributed by atoms with Crippen LogP contribution < -0.4 is 5.48 Å². The van der Waals surface area contributed by atoms with Gasteiger partial charge in [0.15, 0.2) is 0 Å². The zero-order valence-corrected chi connectivity index (χ0v) is 5.80. The summed E-state index contributed by atoms with van der Waals surface area (Å²) in [6.45, 7) is 0. The number of hydrogen-bond acceptors (Lipinski definition) is 3. The van der Waals surface area contributed by atoms with Gasteiger partial charge in [-0.2, -0.15) is 10.0 Å². The molecular weight excluding hydrogens is 152 g/mol. The second kappa shape index (κ2) is 2.04. The molecule has 0 saturated carbocycles. The fourth-order valence-electron chi connectivity index (χ4n) is 0.827. The maximum absolute atomic E-state index is 5.75. The Labute approximate surface area is 63.1 Å². The predicted molar refractivity (Wildman–Crippen MR) is 37.2 cm³/mol. The largest absolute Gasteiger partial charge is 0.247 e. The monoisotopic (exact) mass is 156 g/mol. The zero-order chi connectivity index (χ0) is 6.97. The first-order valence-corrected chi connectivity index (χ1v) is 3.22. The fraction of sp³-hybridized carbons (Fsp3) is 0. The Morgan fingerprint density at radius 2 is 2.50 bits per heavy atom. The van der Waals surface area contributed by atoms with Crippen molar-refractivity contribution in [1.82, 2.24) is 10.5 Å². The molecule has 2 heterocycles. The van der Waals surface area contributed by atoms with Gasteiger partial charge in [-0.1, -0.05) is 17.7 Å². The lowest BCUT2D eigenvalue weighted by Gasteiger charge is -2.16. The van der Waals surface area contributed by atoms with E-state index < -0.39 is 0 Å². The summed E-state index contributed by atoms with van der Waals surface area (Å²) in [5, 5.41) is 2.06. The molecule has 2 rings (SSSR count). The van der Waals surface area contributed by atoms with E-state index in [1.165, 1.54) is 5.06 Å². The average molecular weight is 157 g/mol. The van der Waals surface area contributed by atoms with E-state index in [2.05, 4.69) is 5.48 Å². The van der Waals surface area contributed by atoms with Gasteiger partial charge in [-0.15, -0.1) is 0 Å². The van der Waals surface area contributed by atoms with Crippen LogP contribution in [-0.4, -0.2) is 5.06 Å². The van der Waals surface area contributed by atoms with Crippen LogP contribution in [0.1, 0.15) is 0 Å². The molecule has 10 heavy (non-hydrogen) atoms. The van der Waals surface area contributed by atoms with Crippen LogP contribution >= 0.6 is 11.6 Å². The molecule has 0 amide bonds. The molecular formula is C6H5ClN2O. The van der Waals surface area contributed by atoms with Gasteiger partial charge in [0.1, 0.15) is 5.16 Å². The molecule has 2 aliphatic heterocycles. The van der Waals surface area contributed by atoms with Gasteiger partial charge < -0.3 is 0 Å². The van der Waals surface area contributed by atoms with Crippen LogP contribution in [0.4, 0.5) is 0 Å². The second-order valence-corrected chi connectivity index (χ2v) is 2.31. The minimum absolute atomic E-state index is 0.554. The SMILES string of the molecule is ClC1=CC=CC2=CNON12. The molecule has 0 radical (unpaired) electrons. The Balaban J connectivity index is 2.36. The number of hydroxylamine groups is 3. The third-order valence-corrected chi connectivity index (χ3v) is 1.56. The van der Waals surface area contributed by atoms with Crippen LogP contribution in [0.2, 0.25) is 0 Å². The van der Waals surface area contributed by atoms with Gasteiger partial charge in [0.2, 0.25) is 0 Å². The van der Waals surface area contributed by atoms with Crippen molar-refractivity contribution in [3.8, 4) is 0 Å². The van der Waals surface area contributed by atoms with Crippen molar-refractivity contribution in [2.45, 2.75) is 0 Å². The summed E-state index contributed by atoms with van der Waals surface area (Å²) in [4.78, 5) is 4.91. The highest BCUT2D eigenvalue weighted by molar-refractivity contribution is 6.29. The van der Waals surface area contributed by atoms with Crippen LogP contribution in [-0.2, 0) is 4.94 Å². The standard InChI is InChI=1S/C6H5ClN2O/c7-6-3-1-2-5-4-8-10-9(5)6/h1-4,8H. The highest BCUT2D eigenvalue weighted by atomic mass is 35.5. The van der Waals surface area contributed by atoms with Crippen LogP contribution in [0.3, 0.4) is 0 Å². The van der Waals surface area contributed by atoms with Gasteiger partial charge in [0.05, 0.1) is 11.9 Å². The molecule has 0 bridgehead atoms. The highest BCUT2D eigenvalue weighted by Gasteiger charge is 2.18. The number of fused-ring (bicyclic) bond motifs is 1. The van der Waals surface area contributed by atoms with E-state index in [9.17, 15) is 0 Å². The molecule has 0 atom stereocenters. The first kappa shape index (κ1) is 5.82. The van der Waals surface area contributed by atoms with E-state index >= 15 is 0 Å². The van der Waals surface area contributed by atoms with Crippen LogP contribution in [0.25, 0.3) is 0 Å². The van der Waals surface area contributed by atoms with Gasteiger partial charge >= 0.3 is 0 Å². The molecule has 0 aliphatic carbocycles.